The third kappa shape index (κ3) is 9.08. The van der Waals surface area contributed by atoms with E-state index in [0.29, 0.717) is 48.7 Å². The van der Waals surface area contributed by atoms with Crippen LogP contribution < -0.4 is 21.3 Å². The molecule has 0 bridgehead atoms. The highest BCUT2D eigenvalue weighted by molar-refractivity contribution is 6.76. The molecule has 2 aliphatic rings. The highest BCUT2D eigenvalue weighted by Crippen LogP contribution is 2.32. The van der Waals surface area contributed by atoms with Crippen molar-refractivity contribution in [1.82, 2.24) is 25.2 Å². The van der Waals surface area contributed by atoms with Gasteiger partial charge in [0.25, 0.3) is 5.56 Å². The highest BCUT2D eigenvalue weighted by Gasteiger charge is 2.38. The Balaban J connectivity index is 1.21. The van der Waals surface area contributed by atoms with E-state index in [1.807, 2.05) is 4.90 Å². The summed E-state index contributed by atoms with van der Waals surface area (Å²) >= 11 is 0. The number of carbonyl (C=O) groups excluding carboxylic acids is 2. The van der Waals surface area contributed by atoms with Gasteiger partial charge in [0.05, 0.1) is 29.7 Å². The molecule has 0 aromatic carbocycles. The number of hydrogen-bond acceptors (Lipinski definition) is 10. The first-order valence-corrected chi connectivity index (χ1v) is 18.5. The molecule has 0 radical (unpaired) electrons. The largest absolute Gasteiger partial charge is 0.423 e. The van der Waals surface area contributed by atoms with Crippen LogP contribution in [0.5, 0.6) is 0 Å². The van der Waals surface area contributed by atoms with Gasteiger partial charge < -0.3 is 15.0 Å². The van der Waals surface area contributed by atoms with Crippen LogP contribution in [-0.2, 0) is 33.7 Å². The lowest BCUT2D eigenvalue weighted by Crippen LogP contribution is -2.38. The summed E-state index contributed by atoms with van der Waals surface area (Å²) in [6.45, 7) is 9.13. The van der Waals surface area contributed by atoms with Crippen molar-refractivity contribution in [3.05, 3.63) is 39.6 Å². The first kappa shape index (κ1) is 33.5. The molecule has 44 heavy (non-hydrogen) atoms. The van der Waals surface area contributed by atoms with Crippen LogP contribution in [0.3, 0.4) is 0 Å². The van der Waals surface area contributed by atoms with Crippen molar-refractivity contribution < 1.29 is 32.3 Å². The van der Waals surface area contributed by atoms with Crippen LogP contribution >= 0.6 is 0 Å². The van der Waals surface area contributed by atoms with Crippen molar-refractivity contribution in [2.24, 2.45) is 5.92 Å². The fourth-order valence-electron chi connectivity index (χ4n) is 5.04. The average Bonchev–Trinajstić information content (AvgIpc) is 3.31. The quantitative estimate of drug-likeness (QED) is 0.190. The van der Waals surface area contributed by atoms with Crippen molar-refractivity contribution in [2.75, 3.05) is 36.5 Å². The van der Waals surface area contributed by atoms with Crippen LogP contribution in [0.25, 0.3) is 0 Å². The van der Waals surface area contributed by atoms with Crippen LogP contribution in [0.15, 0.2) is 17.2 Å². The smallest absolute Gasteiger partial charge is 0.378 e. The molecular weight excluding hydrogens is 599 g/mol. The number of piperidine rings is 1. The lowest BCUT2D eigenvalue weighted by atomic mass is 9.93. The Morgan fingerprint density at radius 3 is 2.57 bits per heavy atom. The number of nitrogens with one attached hydrogen (secondary N) is 2. The molecule has 2 aromatic heterocycles. The van der Waals surface area contributed by atoms with Gasteiger partial charge >= 0.3 is 6.18 Å². The predicted octanol–water partition coefficient (Wildman–Crippen LogP) is 3.65. The Hall–Kier alpha value is -3.37. The Kier molecular flexibility index (Phi) is 10.8. The summed E-state index contributed by atoms with van der Waals surface area (Å²) in [4.78, 5) is 53.1. The van der Waals surface area contributed by atoms with Crippen LogP contribution in [0, 0.1) is 5.92 Å². The molecule has 12 nitrogen and oxygen atoms in total. The van der Waals surface area contributed by atoms with E-state index in [-0.39, 0.29) is 37.4 Å². The van der Waals surface area contributed by atoms with Gasteiger partial charge in [0.1, 0.15) is 12.3 Å². The molecule has 4 rings (SSSR count). The Morgan fingerprint density at radius 1 is 1.16 bits per heavy atom. The Morgan fingerprint density at radius 2 is 1.89 bits per heavy atom. The van der Waals surface area contributed by atoms with Crippen molar-refractivity contribution >= 4 is 31.4 Å². The third-order valence-electron chi connectivity index (χ3n) is 7.57. The second-order valence-electron chi connectivity index (χ2n) is 12.6. The average molecular weight is 640 g/mol. The number of alkyl halides is 3. The molecule has 0 saturated carbocycles. The Bertz CT molecular complexity index is 1390. The lowest BCUT2D eigenvalue weighted by Gasteiger charge is -2.31. The molecule has 2 N–H and O–H groups in total. The van der Waals surface area contributed by atoms with Gasteiger partial charge in [-0.25, -0.2) is 20.1 Å². The van der Waals surface area contributed by atoms with Crippen molar-refractivity contribution in [3.8, 4) is 0 Å². The third-order valence-corrected chi connectivity index (χ3v) is 9.28. The zero-order chi connectivity index (χ0) is 32.1. The number of nitrogens with zero attached hydrogens (tertiary/aromatic N) is 5. The predicted molar refractivity (Wildman–Crippen MR) is 159 cm³/mol. The number of carbonyl (C=O) groups is 2. The number of rotatable bonds is 13. The number of hydrogen-bond donors (Lipinski definition) is 2. The van der Waals surface area contributed by atoms with E-state index in [4.69, 9.17) is 9.57 Å². The molecule has 3 heterocycles. The van der Waals surface area contributed by atoms with E-state index >= 15 is 0 Å². The minimum absolute atomic E-state index is 0.0745. The van der Waals surface area contributed by atoms with Gasteiger partial charge in [0.15, 0.2) is 5.78 Å². The molecule has 1 fully saturated rings. The van der Waals surface area contributed by atoms with Gasteiger partial charge in [0, 0.05) is 52.9 Å². The summed E-state index contributed by atoms with van der Waals surface area (Å²) in [7, 11) is -1.40. The maximum atomic E-state index is 13.8. The standard InChI is InChI=1S/C28H40F3N7O5Si/c1-18(34-22-15-33-38(17-42-11-12-44(2,3)4)26(41)25(22)28(29,30)31)16-43-36-24(40)13-19-7-9-37(10-8-19)27-32-14-20-21(35-27)5-6-23(20)39/h14-15,18-19,34H,5-13,16-17H2,1-4H3,(H,36,40)/t18-/m0/s1. The maximum Gasteiger partial charge on any atom is 0.423 e. The zero-order valence-corrected chi connectivity index (χ0v) is 26.5. The fraction of sp³-hybridized carbons (Fsp3) is 0.643. The van der Waals surface area contributed by atoms with Crippen LogP contribution in [0.1, 0.15) is 54.2 Å². The minimum Gasteiger partial charge on any atom is -0.378 e. The molecule has 1 amide bonds. The maximum absolute atomic E-state index is 13.8. The molecular formula is C28H40F3N7O5Si. The van der Waals surface area contributed by atoms with E-state index < -0.39 is 37.1 Å². The van der Waals surface area contributed by atoms with Gasteiger partial charge in [-0.05, 0) is 38.1 Å². The molecule has 1 saturated heterocycles. The van der Waals surface area contributed by atoms with Crippen molar-refractivity contribution in [1.29, 1.82) is 0 Å². The van der Waals surface area contributed by atoms with Gasteiger partial charge in [-0.3, -0.25) is 19.2 Å². The number of fused-ring (bicyclic) bond motifs is 1. The zero-order valence-electron chi connectivity index (χ0n) is 25.5. The monoisotopic (exact) mass is 639 g/mol. The number of hydroxylamine groups is 1. The van der Waals surface area contributed by atoms with E-state index in [1.54, 1.807) is 13.1 Å². The number of aromatic nitrogens is 4. The first-order valence-electron chi connectivity index (χ1n) is 14.8. The molecule has 1 aliphatic carbocycles. The topological polar surface area (TPSA) is 141 Å². The summed E-state index contributed by atoms with van der Waals surface area (Å²) in [5, 5.41) is 6.47. The summed E-state index contributed by atoms with van der Waals surface area (Å²) < 4.78 is 47.5. The Labute approximate surface area is 254 Å². The van der Waals surface area contributed by atoms with E-state index in [2.05, 4.69) is 45.5 Å². The summed E-state index contributed by atoms with van der Waals surface area (Å²) in [5.41, 5.74) is 0.592. The summed E-state index contributed by atoms with van der Waals surface area (Å²) in [5.74, 6) is 0.453. The number of ether oxygens (including phenoxy) is 1. The summed E-state index contributed by atoms with van der Waals surface area (Å²) in [6, 6.07) is 0.115. The minimum atomic E-state index is -4.92. The molecule has 16 heteroatoms. The second kappa shape index (κ2) is 14.2. The van der Waals surface area contributed by atoms with Gasteiger partial charge in [-0.15, -0.1) is 0 Å². The number of amides is 1. The van der Waals surface area contributed by atoms with Crippen LogP contribution in [0.4, 0.5) is 24.8 Å². The van der Waals surface area contributed by atoms with Crippen molar-refractivity contribution in [2.45, 2.75) is 83.7 Å². The molecule has 1 aliphatic heterocycles. The normalized spacial score (nSPS) is 16.6. The van der Waals surface area contributed by atoms with Crippen LogP contribution in [0.2, 0.25) is 25.7 Å². The number of aryl methyl sites for hydroxylation is 1. The van der Waals surface area contributed by atoms with E-state index in [9.17, 15) is 27.6 Å². The van der Waals surface area contributed by atoms with E-state index in [0.717, 1.165) is 30.8 Å². The summed E-state index contributed by atoms with van der Waals surface area (Å²) in [6.07, 6.45) is 0.443. The number of ketones is 1. The SMILES string of the molecule is C[C@@H](CONC(=O)CC1CCN(c2ncc3c(n2)CCC3=O)CC1)Nc1cnn(COCC[Si](C)(C)C)c(=O)c1C(F)(F)F. The van der Waals surface area contributed by atoms with Gasteiger partial charge in [-0.1, -0.05) is 19.6 Å². The van der Waals surface area contributed by atoms with Crippen molar-refractivity contribution in [3.63, 3.8) is 0 Å². The highest BCUT2D eigenvalue weighted by atomic mass is 28.3. The van der Waals surface area contributed by atoms with Gasteiger partial charge in [0.2, 0.25) is 11.9 Å². The lowest BCUT2D eigenvalue weighted by molar-refractivity contribution is -0.138. The molecule has 0 unspecified atom stereocenters. The molecule has 0 spiro atoms. The van der Waals surface area contributed by atoms with E-state index in [1.165, 1.54) is 0 Å². The number of Topliss-reactive ketones (excluding diaryl/α,β-unsaturated/α-hetero) is 1. The second-order valence-corrected chi connectivity index (χ2v) is 18.2. The number of halogens is 3. The number of anilines is 2. The molecule has 242 valence electrons. The first-order chi connectivity index (χ1) is 20.7. The fourth-order valence-corrected chi connectivity index (χ4v) is 5.79. The molecule has 1 atom stereocenters. The van der Waals surface area contributed by atoms with Crippen LogP contribution in [-0.4, -0.2) is 71.9 Å². The molecule has 2 aromatic rings. The van der Waals surface area contributed by atoms with Gasteiger partial charge in [-0.2, -0.15) is 18.3 Å².